The zero-order valence-corrected chi connectivity index (χ0v) is 11.3. The molecule has 1 nitrogen and oxygen atoms in total. The Hall–Kier alpha value is -0.280. The fourth-order valence-corrected chi connectivity index (χ4v) is 2.95. The Kier molecular flexibility index (Phi) is 4.20. The number of hydrogen-bond donors (Lipinski definition) is 0. The van der Waals surface area contributed by atoms with Crippen LogP contribution >= 0.6 is 27.7 Å². The SMILES string of the molecule is CN=C(SC)c1c(C)cc(Br)cc1C. The van der Waals surface area contributed by atoms with Gasteiger partial charge in [-0.2, -0.15) is 0 Å². The fraction of sp³-hybridized carbons (Fsp3) is 0.364. The molecule has 0 unspecified atom stereocenters. The molecule has 0 aliphatic carbocycles. The van der Waals surface area contributed by atoms with Crippen LogP contribution in [-0.4, -0.2) is 18.3 Å². The van der Waals surface area contributed by atoms with E-state index in [1.165, 1.54) is 16.7 Å². The summed E-state index contributed by atoms with van der Waals surface area (Å²) in [4.78, 5) is 4.29. The van der Waals surface area contributed by atoms with Crippen molar-refractivity contribution in [2.24, 2.45) is 4.99 Å². The minimum Gasteiger partial charge on any atom is -0.281 e. The predicted molar refractivity (Wildman–Crippen MR) is 69.6 cm³/mol. The van der Waals surface area contributed by atoms with E-state index in [9.17, 15) is 0 Å². The van der Waals surface area contributed by atoms with E-state index in [4.69, 9.17) is 0 Å². The van der Waals surface area contributed by atoms with E-state index in [-0.39, 0.29) is 0 Å². The van der Waals surface area contributed by atoms with Crippen LogP contribution in [0, 0.1) is 13.8 Å². The molecular formula is C11H14BrNS. The van der Waals surface area contributed by atoms with Crippen LogP contribution in [-0.2, 0) is 0 Å². The van der Waals surface area contributed by atoms with E-state index in [2.05, 4.69) is 53.2 Å². The number of rotatable bonds is 1. The number of nitrogens with zero attached hydrogens (tertiary/aromatic N) is 1. The van der Waals surface area contributed by atoms with Gasteiger partial charge in [0.1, 0.15) is 0 Å². The summed E-state index contributed by atoms with van der Waals surface area (Å²) in [6.07, 6.45) is 2.06. The number of aliphatic imine (C=N–C) groups is 1. The summed E-state index contributed by atoms with van der Waals surface area (Å²) in [7, 11) is 1.84. The summed E-state index contributed by atoms with van der Waals surface area (Å²) in [6.45, 7) is 4.24. The van der Waals surface area contributed by atoms with Crippen molar-refractivity contribution in [2.75, 3.05) is 13.3 Å². The smallest absolute Gasteiger partial charge is 0.0976 e. The van der Waals surface area contributed by atoms with Crippen LogP contribution in [0.5, 0.6) is 0 Å². The first-order valence-corrected chi connectivity index (χ1v) is 6.39. The standard InChI is InChI=1S/C11H14BrNS/c1-7-5-9(12)6-8(2)10(7)11(13-3)14-4/h5-6H,1-4H3. The molecule has 0 amide bonds. The molecule has 0 heterocycles. The minimum absolute atomic E-state index is 1.10. The lowest BCUT2D eigenvalue weighted by Gasteiger charge is -2.11. The van der Waals surface area contributed by atoms with E-state index in [1.807, 2.05) is 7.05 Å². The summed E-state index contributed by atoms with van der Waals surface area (Å²) in [6, 6.07) is 4.26. The van der Waals surface area contributed by atoms with Crippen molar-refractivity contribution >= 4 is 32.7 Å². The van der Waals surface area contributed by atoms with Crippen LogP contribution in [0.1, 0.15) is 16.7 Å². The van der Waals surface area contributed by atoms with Gasteiger partial charge in [0.15, 0.2) is 0 Å². The van der Waals surface area contributed by atoms with Crippen LogP contribution in [0.25, 0.3) is 0 Å². The van der Waals surface area contributed by atoms with E-state index in [0.717, 1.165) is 9.52 Å². The molecule has 0 N–H and O–H groups in total. The van der Waals surface area contributed by atoms with Gasteiger partial charge in [0.25, 0.3) is 0 Å². The third-order valence-electron chi connectivity index (χ3n) is 2.11. The molecule has 0 aliphatic rings. The van der Waals surface area contributed by atoms with Gasteiger partial charge in [0.2, 0.25) is 0 Å². The average molecular weight is 272 g/mol. The quantitative estimate of drug-likeness (QED) is 0.559. The molecule has 0 saturated carbocycles. The molecule has 3 heteroatoms. The first kappa shape index (κ1) is 11.8. The molecule has 0 aromatic heterocycles. The van der Waals surface area contributed by atoms with Crippen molar-refractivity contribution in [3.63, 3.8) is 0 Å². The maximum atomic E-state index is 4.29. The second-order valence-corrected chi connectivity index (χ2v) is 4.86. The molecule has 0 fully saturated rings. The summed E-state index contributed by atoms with van der Waals surface area (Å²) in [5.41, 5.74) is 3.81. The van der Waals surface area contributed by atoms with Gasteiger partial charge in [0.05, 0.1) is 5.04 Å². The summed E-state index contributed by atoms with van der Waals surface area (Å²) >= 11 is 5.19. The number of thioether (sulfide) groups is 1. The molecule has 0 saturated heterocycles. The van der Waals surface area contributed by atoms with Crippen molar-refractivity contribution in [2.45, 2.75) is 13.8 Å². The maximum Gasteiger partial charge on any atom is 0.0976 e. The predicted octanol–water partition coefficient (Wildman–Crippen LogP) is 3.81. The maximum absolute atomic E-state index is 4.29. The Morgan fingerprint density at radius 3 is 2.14 bits per heavy atom. The molecule has 0 aliphatic heterocycles. The van der Waals surface area contributed by atoms with Crippen molar-refractivity contribution in [1.82, 2.24) is 0 Å². The number of aryl methyl sites for hydroxylation is 2. The lowest BCUT2D eigenvalue weighted by Crippen LogP contribution is -2.01. The lowest BCUT2D eigenvalue weighted by molar-refractivity contribution is 1.33. The molecule has 0 spiro atoms. The highest BCUT2D eigenvalue weighted by atomic mass is 79.9. The molecule has 0 bridgehead atoms. The van der Waals surface area contributed by atoms with E-state index >= 15 is 0 Å². The molecule has 0 radical (unpaired) electrons. The Morgan fingerprint density at radius 2 is 1.79 bits per heavy atom. The van der Waals surface area contributed by atoms with E-state index in [0.29, 0.717) is 0 Å². The zero-order valence-electron chi connectivity index (χ0n) is 8.89. The highest BCUT2D eigenvalue weighted by Crippen LogP contribution is 2.24. The summed E-state index contributed by atoms with van der Waals surface area (Å²) in [5.74, 6) is 0. The van der Waals surface area contributed by atoms with Gasteiger partial charge in [0, 0.05) is 17.1 Å². The second-order valence-electron chi connectivity index (χ2n) is 3.15. The average Bonchev–Trinajstić information content (AvgIpc) is 2.10. The van der Waals surface area contributed by atoms with Gasteiger partial charge in [-0.15, -0.1) is 11.8 Å². The highest BCUT2D eigenvalue weighted by Gasteiger charge is 2.09. The lowest BCUT2D eigenvalue weighted by atomic mass is 10.0. The third kappa shape index (κ3) is 2.39. The Bertz CT molecular complexity index is 349. The number of halogens is 1. The molecule has 1 aromatic carbocycles. The fourth-order valence-electron chi connectivity index (χ4n) is 1.55. The van der Waals surface area contributed by atoms with Crippen LogP contribution in [0.4, 0.5) is 0 Å². The third-order valence-corrected chi connectivity index (χ3v) is 3.34. The van der Waals surface area contributed by atoms with Gasteiger partial charge in [-0.05, 0) is 43.4 Å². The normalized spacial score (nSPS) is 11.9. The number of hydrogen-bond acceptors (Lipinski definition) is 2. The van der Waals surface area contributed by atoms with Crippen molar-refractivity contribution < 1.29 is 0 Å². The van der Waals surface area contributed by atoms with Gasteiger partial charge < -0.3 is 0 Å². The van der Waals surface area contributed by atoms with Gasteiger partial charge >= 0.3 is 0 Å². The van der Waals surface area contributed by atoms with Gasteiger partial charge in [-0.3, -0.25) is 4.99 Å². The topological polar surface area (TPSA) is 12.4 Å². The molecule has 1 rings (SSSR count). The Morgan fingerprint density at radius 1 is 1.29 bits per heavy atom. The van der Waals surface area contributed by atoms with Crippen molar-refractivity contribution in [3.05, 3.63) is 33.3 Å². The Labute approximate surface area is 98.1 Å². The summed E-state index contributed by atoms with van der Waals surface area (Å²) in [5, 5.41) is 1.10. The molecule has 14 heavy (non-hydrogen) atoms. The minimum atomic E-state index is 1.10. The van der Waals surface area contributed by atoms with Crippen LogP contribution in [0.3, 0.4) is 0 Å². The van der Waals surface area contributed by atoms with Crippen molar-refractivity contribution in [3.8, 4) is 0 Å². The first-order valence-electron chi connectivity index (χ1n) is 4.38. The van der Waals surface area contributed by atoms with Crippen LogP contribution < -0.4 is 0 Å². The van der Waals surface area contributed by atoms with Gasteiger partial charge in [-0.1, -0.05) is 15.9 Å². The zero-order chi connectivity index (χ0) is 10.7. The van der Waals surface area contributed by atoms with Crippen LogP contribution in [0.15, 0.2) is 21.6 Å². The molecule has 0 atom stereocenters. The molecule has 76 valence electrons. The number of benzene rings is 1. The summed E-state index contributed by atoms with van der Waals surface area (Å²) < 4.78 is 1.13. The van der Waals surface area contributed by atoms with Crippen molar-refractivity contribution in [1.29, 1.82) is 0 Å². The van der Waals surface area contributed by atoms with E-state index < -0.39 is 0 Å². The van der Waals surface area contributed by atoms with Crippen LogP contribution in [0.2, 0.25) is 0 Å². The second kappa shape index (κ2) is 4.99. The van der Waals surface area contributed by atoms with Gasteiger partial charge in [-0.25, -0.2) is 0 Å². The first-order chi connectivity index (χ1) is 6.60. The molecule has 1 aromatic rings. The van der Waals surface area contributed by atoms with E-state index in [1.54, 1.807) is 11.8 Å². The monoisotopic (exact) mass is 271 g/mol. The largest absolute Gasteiger partial charge is 0.281 e. The highest BCUT2D eigenvalue weighted by molar-refractivity contribution is 9.10. The Balaban J connectivity index is 3.34. The molecular weight excluding hydrogens is 258 g/mol.